The number of hydrogen-bond acceptors (Lipinski definition) is 6. The summed E-state index contributed by atoms with van der Waals surface area (Å²) in [6, 6.07) is 16.5. The molecule has 2 aromatic carbocycles. The highest BCUT2D eigenvalue weighted by Crippen LogP contribution is 2.47. The summed E-state index contributed by atoms with van der Waals surface area (Å²) in [5.74, 6) is -0.242. The molecule has 0 aliphatic carbocycles. The third kappa shape index (κ3) is 7.68. The number of carbonyl (C=O) groups is 1. The SMILES string of the molecule is CCN(CC)CCCS(=O)(=O)N[C@H](CCc1ccccc1)C(=O)N1CCC2(CC1)CN(S(C)(=O)=O)c1ccccc12. The van der Waals surface area contributed by atoms with Crippen molar-refractivity contribution in [3.63, 3.8) is 0 Å². The molecule has 1 fully saturated rings. The fourth-order valence-electron chi connectivity index (χ4n) is 6.17. The van der Waals surface area contributed by atoms with Crippen LogP contribution in [0.25, 0.3) is 0 Å². The van der Waals surface area contributed by atoms with Gasteiger partial charge in [-0.3, -0.25) is 9.10 Å². The summed E-state index contributed by atoms with van der Waals surface area (Å²) in [5, 5.41) is 0. The molecular weight excluding hydrogens is 560 g/mol. The van der Waals surface area contributed by atoms with Gasteiger partial charge in [-0.05, 0) is 68.9 Å². The predicted octanol–water partition coefficient (Wildman–Crippen LogP) is 2.98. The fourth-order valence-corrected chi connectivity index (χ4v) is 8.44. The zero-order valence-electron chi connectivity index (χ0n) is 24.5. The van der Waals surface area contributed by atoms with Crippen molar-refractivity contribution in [3.8, 4) is 0 Å². The van der Waals surface area contributed by atoms with Gasteiger partial charge in [0.1, 0.15) is 6.04 Å². The van der Waals surface area contributed by atoms with Crippen LogP contribution < -0.4 is 9.03 Å². The highest BCUT2D eigenvalue weighted by Gasteiger charge is 2.47. The van der Waals surface area contributed by atoms with Crippen LogP contribution in [0, 0.1) is 0 Å². The molecule has 11 heteroatoms. The Morgan fingerprint density at radius 2 is 1.61 bits per heavy atom. The van der Waals surface area contributed by atoms with Gasteiger partial charge in [0.2, 0.25) is 26.0 Å². The number of benzene rings is 2. The van der Waals surface area contributed by atoms with Crippen LogP contribution in [0.1, 0.15) is 50.7 Å². The van der Waals surface area contributed by atoms with E-state index in [1.54, 1.807) is 4.90 Å². The number of aryl methyl sites for hydroxylation is 1. The zero-order chi connectivity index (χ0) is 29.7. The maximum absolute atomic E-state index is 13.8. The Balaban J connectivity index is 1.46. The average molecular weight is 605 g/mol. The van der Waals surface area contributed by atoms with Gasteiger partial charge in [0, 0.05) is 25.0 Å². The molecule has 1 spiro atoms. The first kappa shape index (κ1) is 31.5. The summed E-state index contributed by atoms with van der Waals surface area (Å²) in [5.41, 5.74) is 2.41. The van der Waals surface area contributed by atoms with Gasteiger partial charge in [-0.25, -0.2) is 21.6 Å². The lowest BCUT2D eigenvalue weighted by Gasteiger charge is -2.41. The Kier molecular flexibility index (Phi) is 10.2. The molecule has 0 radical (unpaired) electrons. The molecule has 9 nitrogen and oxygen atoms in total. The van der Waals surface area contributed by atoms with Gasteiger partial charge < -0.3 is 9.80 Å². The van der Waals surface area contributed by atoms with Crippen molar-refractivity contribution in [2.24, 2.45) is 0 Å². The molecule has 4 rings (SSSR count). The highest BCUT2D eigenvalue weighted by atomic mass is 32.2. The fraction of sp³-hybridized carbons (Fsp3) is 0.567. The number of likely N-dealkylation sites (tertiary alicyclic amines) is 1. The summed E-state index contributed by atoms with van der Waals surface area (Å²) in [6.07, 6.45) is 3.90. The maximum Gasteiger partial charge on any atom is 0.240 e. The standard InChI is InChI=1S/C30H44N4O5S2/c1-4-32(5-2)20-11-23-41(38,39)31-27(17-16-25-12-7-6-8-13-25)29(35)33-21-18-30(19-22-33)24-34(40(3,36)37)28-15-10-9-14-26(28)30/h6-10,12-15,27,31H,4-5,11,16-24H2,1-3H3/t27-/m1/s1. The van der Waals surface area contributed by atoms with Gasteiger partial charge in [-0.2, -0.15) is 0 Å². The van der Waals surface area contributed by atoms with E-state index in [0.717, 1.165) is 24.2 Å². The third-order valence-corrected chi connectivity index (χ3v) is 11.2. The number of amides is 1. The summed E-state index contributed by atoms with van der Waals surface area (Å²) in [7, 11) is -7.10. The molecule has 2 aromatic rings. The van der Waals surface area contributed by atoms with Crippen molar-refractivity contribution in [2.45, 2.75) is 57.4 Å². The lowest BCUT2D eigenvalue weighted by Crippen LogP contribution is -2.54. The minimum absolute atomic E-state index is 0.0279. The minimum Gasteiger partial charge on any atom is -0.341 e. The first-order chi connectivity index (χ1) is 19.5. The number of sulfonamides is 2. The van der Waals surface area contributed by atoms with Crippen LogP contribution >= 0.6 is 0 Å². The minimum atomic E-state index is -3.66. The number of hydrogen-bond donors (Lipinski definition) is 1. The second-order valence-corrected chi connectivity index (χ2v) is 15.1. The Morgan fingerprint density at radius 1 is 0.976 bits per heavy atom. The lowest BCUT2D eigenvalue weighted by molar-refractivity contribution is -0.134. The van der Waals surface area contributed by atoms with E-state index in [0.29, 0.717) is 64.0 Å². The number of fused-ring (bicyclic) bond motifs is 2. The third-order valence-electron chi connectivity index (χ3n) is 8.59. The van der Waals surface area contributed by atoms with Crippen LogP contribution in [0.2, 0.25) is 0 Å². The van der Waals surface area contributed by atoms with Crippen molar-refractivity contribution in [1.29, 1.82) is 0 Å². The second kappa shape index (κ2) is 13.2. The Hall–Kier alpha value is -2.47. The topological polar surface area (TPSA) is 107 Å². The smallest absolute Gasteiger partial charge is 0.240 e. The van der Waals surface area contributed by atoms with E-state index in [1.165, 1.54) is 10.6 Å². The van der Waals surface area contributed by atoms with Gasteiger partial charge in [0.05, 0.1) is 17.7 Å². The van der Waals surface area contributed by atoms with Crippen LogP contribution in [0.15, 0.2) is 54.6 Å². The largest absolute Gasteiger partial charge is 0.341 e. The van der Waals surface area contributed by atoms with Crippen LogP contribution in [-0.2, 0) is 36.7 Å². The number of para-hydroxylation sites is 1. The Labute approximate surface area is 246 Å². The molecule has 2 heterocycles. The van der Waals surface area contributed by atoms with E-state index in [9.17, 15) is 21.6 Å². The van der Waals surface area contributed by atoms with Crippen molar-refractivity contribution < 1.29 is 21.6 Å². The monoisotopic (exact) mass is 604 g/mol. The van der Waals surface area contributed by atoms with E-state index in [-0.39, 0.29) is 17.1 Å². The Bertz CT molecular complexity index is 1390. The maximum atomic E-state index is 13.8. The van der Waals surface area contributed by atoms with Gasteiger partial charge >= 0.3 is 0 Å². The van der Waals surface area contributed by atoms with Crippen LogP contribution in [0.4, 0.5) is 5.69 Å². The molecule has 0 unspecified atom stereocenters. The number of nitrogens with one attached hydrogen (secondary N) is 1. The van der Waals surface area contributed by atoms with E-state index in [1.807, 2.05) is 54.6 Å². The van der Waals surface area contributed by atoms with E-state index >= 15 is 0 Å². The molecule has 1 saturated heterocycles. The molecular formula is C30H44N4O5S2. The van der Waals surface area contributed by atoms with Crippen LogP contribution in [0.3, 0.4) is 0 Å². The number of anilines is 1. The molecule has 0 bridgehead atoms. The van der Waals surface area contributed by atoms with Crippen molar-refractivity contribution in [1.82, 2.24) is 14.5 Å². The number of piperidine rings is 1. The molecule has 1 amide bonds. The summed E-state index contributed by atoms with van der Waals surface area (Å²) < 4.78 is 55.5. The van der Waals surface area contributed by atoms with Crippen LogP contribution in [0.5, 0.6) is 0 Å². The van der Waals surface area contributed by atoms with Crippen molar-refractivity contribution in [3.05, 3.63) is 65.7 Å². The first-order valence-corrected chi connectivity index (χ1v) is 18.1. The number of rotatable bonds is 13. The molecule has 0 aromatic heterocycles. The van der Waals surface area contributed by atoms with Gasteiger partial charge in [0.15, 0.2) is 0 Å². The van der Waals surface area contributed by atoms with Crippen LogP contribution in [-0.4, -0.2) is 89.9 Å². The first-order valence-electron chi connectivity index (χ1n) is 14.6. The summed E-state index contributed by atoms with van der Waals surface area (Å²) in [6.45, 7) is 7.78. The van der Waals surface area contributed by atoms with Crippen molar-refractivity contribution >= 4 is 31.6 Å². The van der Waals surface area contributed by atoms with Gasteiger partial charge in [-0.15, -0.1) is 0 Å². The molecule has 2 aliphatic heterocycles. The average Bonchev–Trinajstić information content (AvgIpc) is 3.28. The van der Waals surface area contributed by atoms with Gasteiger partial charge in [0.25, 0.3) is 0 Å². The normalized spacial score (nSPS) is 17.7. The highest BCUT2D eigenvalue weighted by molar-refractivity contribution is 7.92. The quantitative estimate of drug-likeness (QED) is 0.377. The summed E-state index contributed by atoms with van der Waals surface area (Å²) in [4.78, 5) is 17.8. The number of nitrogens with zero attached hydrogens (tertiary/aromatic N) is 3. The lowest BCUT2D eigenvalue weighted by atomic mass is 9.74. The Morgan fingerprint density at radius 3 is 2.24 bits per heavy atom. The van der Waals surface area contributed by atoms with E-state index < -0.39 is 26.1 Å². The molecule has 1 N–H and O–H groups in total. The second-order valence-electron chi connectivity index (χ2n) is 11.3. The molecule has 0 saturated carbocycles. The molecule has 2 aliphatic rings. The number of carbonyl (C=O) groups excluding carboxylic acids is 1. The van der Waals surface area contributed by atoms with Gasteiger partial charge in [-0.1, -0.05) is 62.4 Å². The molecule has 1 atom stereocenters. The zero-order valence-corrected chi connectivity index (χ0v) is 26.1. The van der Waals surface area contributed by atoms with E-state index in [4.69, 9.17) is 0 Å². The van der Waals surface area contributed by atoms with Crippen molar-refractivity contribution in [2.75, 3.05) is 55.6 Å². The molecule has 41 heavy (non-hydrogen) atoms. The van der Waals surface area contributed by atoms with E-state index in [2.05, 4.69) is 23.5 Å². The predicted molar refractivity (Wildman–Crippen MR) is 164 cm³/mol. The molecule has 226 valence electrons. The summed E-state index contributed by atoms with van der Waals surface area (Å²) >= 11 is 0.